The lowest BCUT2D eigenvalue weighted by atomic mass is 9.91. The fourth-order valence-electron chi connectivity index (χ4n) is 4.19. The average Bonchev–Trinajstić information content (AvgIpc) is 3.13. The monoisotopic (exact) mass is 461 g/mol. The van der Waals surface area contributed by atoms with Gasteiger partial charge in [0.1, 0.15) is 36.3 Å². The van der Waals surface area contributed by atoms with Gasteiger partial charge in [-0.2, -0.15) is 0 Å². The summed E-state index contributed by atoms with van der Waals surface area (Å²) in [6, 6.07) is 13.3. The van der Waals surface area contributed by atoms with Gasteiger partial charge in [-0.3, -0.25) is 0 Å². The Balaban J connectivity index is 1.71. The summed E-state index contributed by atoms with van der Waals surface area (Å²) < 4.78 is 13.5. The zero-order chi connectivity index (χ0) is 23.0. The Hall–Kier alpha value is -2.13. The lowest BCUT2D eigenvalue weighted by molar-refractivity contribution is -0.231. The van der Waals surface area contributed by atoms with Gasteiger partial charge in [0.2, 0.25) is 0 Å². The second-order valence-corrected chi connectivity index (χ2v) is 8.82. The van der Waals surface area contributed by atoms with Crippen LogP contribution in [-0.4, -0.2) is 62.1 Å². The number of fused-ring (bicyclic) bond motifs is 1. The van der Waals surface area contributed by atoms with E-state index in [-0.39, 0.29) is 6.10 Å². The van der Waals surface area contributed by atoms with Crippen LogP contribution in [0.25, 0.3) is 10.9 Å². The van der Waals surface area contributed by atoms with Crippen molar-refractivity contribution in [3.63, 3.8) is 0 Å². The van der Waals surface area contributed by atoms with Gasteiger partial charge in [0.15, 0.2) is 0 Å². The predicted molar refractivity (Wildman–Crippen MR) is 121 cm³/mol. The van der Waals surface area contributed by atoms with Gasteiger partial charge in [-0.1, -0.05) is 35.9 Å². The van der Waals surface area contributed by atoms with Gasteiger partial charge in [-0.15, -0.1) is 0 Å². The Morgan fingerprint density at radius 3 is 2.41 bits per heavy atom. The Morgan fingerprint density at radius 1 is 1.03 bits per heavy atom. The highest BCUT2D eigenvalue weighted by atomic mass is 35.5. The first-order valence-corrected chi connectivity index (χ1v) is 11.0. The Morgan fingerprint density at radius 2 is 1.75 bits per heavy atom. The summed E-state index contributed by atoms with van der Waals surface area (Å²) in [5.41, 5.74) is 2.42. The smallest absolute Gasteiger partial charge is 0.119 e. The third-order valence-corrected chi connectivity index (χ3v) is 6.03. The largest absolute Gasteiger partial charge is 0.491 e. The van der Waals surface area contributed by atoms with Crippen molar-refractivity contribution in [1.82, 2.24) is 4.57 Å². The van der Waals surface area contributed by atoms with Crippen LogP contribution in [0.2, 0.25) is 5.02 Å². The minimum atomic E-state index is -1.45. The lowest BCUT2D eigenvalue weighted by Crippen LogP contribution is -2.55. The fourth-order valence-corrected chi connectivity index (χ4v) is 4.48. The van der Waals surface area contributed by atoms with Crippen LogP contribution in [0, 0.1) is 0 Å². The minimum absolute atomic E-state index is 0.0918. The molecule has 0 spiro atoms. The van der Waals surface area contributed by atoms with Gasteiger partial charge < -0.3 is 34.5 Å². The second kappa shape index (κ2) is 9.39. The van der Waals surface area contributed by atoms with Crippen LogP contribution in [-0.2, 0) is 11.3 Å². The van der Waals surface area contributed by atoms with Crippen LogP contribution in [0.15, 0.2) is 48.7 Å². The first kappa shape index (κ1) is 23.0. The van der Waals surface area contributed by atoms with Crippen molar-refractivity contribution < 1.29 is 29.9 Å². The summed E-state index contributed by atoms with van der Waals surface area (Å²) in [7, 11) is 0. The topological polar surface area (TPSA) is 104 Å². The molecule has 1 fully saturated rings. The maximum atomic E-state index is 10.6. The van der Waals surface area contributed by atoms with Crippen molar-refractivity contribution in [2.45, 2.75) is 57.0 Å². The van der Waals surface area contributed by atoms with Crippen molar-refractivity contribution in [2.75, 3.05) is 6.61 Å². The zero-order valence-corrected chi connectivity index (χ0v) is 18.7. The second-order valence-electron chi connectivity index (χ2n) is 8.41. The highest BCUT2D eigenvalue weighted by Crippen LogP contribution is 2.39. The summed E-state index contributed by atoms with van der Waals surface area (Å²) in [4.78, 5) is 0. The highest BCUT2D eigenvalue weighted by Gasteiger charge is 2.44. The summed E-state index contributed by atoms with van der Waals surface area (Å²) >= 11 is 6.53. The van der Waals surface area contributed by atoms with E-state index in [1.807, 2.05) is 54.9 Å². The summed E-state index contributed by atoms with van der Waals surface area (Å²) in [6.07, 6.45) is -4.21. The minimum Gasteiger partial charge on any atom is -0.491 e. The molecule has 1 aromatic heterocycles. The van der Waals surface area contributed by atoms with Crippen LogP contribution in [0.1, 0.15) is 31.1 Å². The molecule has 2 heterocycles. The van der Waals surface area contributed by atoms with Crippen molar-refractivity contribution in [3.8, 4) is 5.75 Å². The molecule has 7 nitrogen and oxygen atoms in total. The maximum Gasteiger partial charge on any atom is 0.119 e. The van der Waals surface area contributed by atoms with Gasteiger partial charge >= 0.3 is 0 Å². The van der Waals surface area contributed by atoms with E-state index in [0.29, 0.717) is 17.1 Å². The number of aliphatic hydroxyl groups excluding tert-OH is 4. The first-order valence-electron chi connectivity index (χ1n) is 10.6. The van der Waals surface area contributed by atoms with Gasteiger partial charge in [-0.05, 0) is 37.6 Å². The van der Waals surface area contributed by atoms with E-state index in [4.69, 9.17) is 21.1 Å². The van der Waals surface area contributed by atoms with Crippen molar-refractivity contribution >= 4 is 22.5 Å². The number of ether oxygens (including phenoxy) is 2. The molecule has 0 saturated carbocycles. The normalized spacial score (nSPS) is 26.1. The van der Waals surface area contributed by atoms with E-state index >= 15 is 0 Å². The lowest BCUT2D eigenvalue weighted by Gasteiger charge is -2.40. The molecule has 32 heavy (non-hydrogen) atoms. The number of hydrogen-bond acceptors (Lipinski definition) is 6. The SMILES string of the molecule is CC(C)Oc1ccc(Cn2cc([C@@H]3O[C@H](CO)[C@@H](O)[C@H](O)[C@H]3O)c3cccc(Cl)c32)cc1. The van der Waals surface area contributed by atoms with Crippen molar-refractivity contribution in [3.05, 3.63) is 64.8 Å². The summed E-state index contributed by atoms with van der Waals surface area (Å²) in [5, 5.41) is 41.9. The number of aromatic nitrogens is 1. The van der Waals surface area contributed by atoms with Gasteiger partial charge in [0.05, 0.1) is 23.3 Å². The molecule has 0 unspecified atom stereocenters. The molecule has 1 saturated heterocycles. The van der Waals surface area contributed by atoms with Crippen molar-refractivity contribution in [1.29, 1.82) is 0 Å². The number of halogens is 1. The maximum absolute atomic E-state index is 10.6. The van der Waals surface area contributed by atoms with Crippen LogP contribution in [0.4, 0.5) is 0 Å². The quantitative estimate of drug-likeness (QED) is 0.450. The van der Waals surface area contributed by atoms with Crippen LogP contribution < -0.4 is 4.74 Å². The number of nitrogens with zero attached hydrogens (tertiary/aromatic N) is 1. The van der Waals surface area contributed by atoms with E-state index in [0.717, 1.165) is 22.2 Å². The van der Waals surface area contributed by atoms with Gasteiger partial charge in [-0.25, -0.2) is 0 Å². The molecule has 3 aromatic rings. The van der Waals surface area contributed by atoms with Crippen LogP contribution >= 0.6 is 11.6 Å². The van der Waals surface area contributed by atoms with Gasteiger partial charge in [0.25, 0.3) is 0 Å². The van der Waals surface area contributed by atoms with Gasteiger partial charge in [0, 0.05) is 23.7 Å². The third kappa shape index (κ3) is 4.37. The molecule has 0 bridgehead atoms. The predicted octanol–water partition coefficient (Wildman–Crippen LogP) is 2.65. The number of rotatable bonds is 6. The molecule has 0 radical (unpaired) electrons. The summed E-state index contributed by atoms with van der Waals surface area (Å²) in [5.74, 6) is 0.793. The zero-order valence-electron chi connectivity index (χ0n) is 17.9. The molecule has 0 aliphatic carbocycles. The van der Waals surface area contributed by atoms with Crippen molar-refractivity contribution in [2.24, 2.45) is 0 Å². The van der Waals surface area contributed by atoms with Crippen LogP contribution in [0.3, 0.4) is 0 Å². The number of benzene rings is 2. The molecule has 0 amide bonds. The molecule has 1 aliphatic heterocycles. The standard InChI is InChI=1S/C24H28ClNO6/c1-13(2)31-15-8-6-14(7-9-15)10-26-11-17(16-4-3-5-18(25)20(16)26)24-23(30)22(29)21(28)19(12-27)32-24/h3-9,11,13,19,21-24,27-30H,10,12H2,1-2H3/t19-,21-,22+,23-,24+/m1/s1. The first-order chi connectivity index (χ1) is 15.3. The Labute approximate surface area is 191 Å². The Kier molecular flexibility index (Phi) is 6.76. The molecule has 8 heteroatoms. The molecule has 172 valence electrons. The number of hydrogen-bond donors (Lipinski definition) is 4. The molecular weight excluding hydrogens is 434 g/mol. The van der Waals surface area contributed by atoms with E-state index in [1.54, 1.807) is 12.1 Å². The van der Waals surface area contributed by atoms with E-state index in [2.05, 4.69) is 0 Å². The average molecular weight is 462 g/mol. The molecular formula is C24H28ClNO6. The molecule has 4 N–H and O–H groups in total. The van der Waals surface area contributed by atoms with E-state index in [1.165, 1.54) is 0 Å². The summed E-state index contributed by atoms with van der Waals surface area (Å²) in [6.45, 7) is 3.98. The molecule has 5 atom stereocenters. The number of aliphatic hydroxyl groups is 4. The molecule has 4 rings (SSSR count). The highest BCUT2D eigenvalue weighted by molar-refractivity contribution is 6.35. The van der Waals surface area contributed by atoms with E-state index in [9.17, 15) is 20.4 Å². The van der Waals surface area contributed by atoms with E-state index < -0.39 is 37.1 Å². The number of para-hydroxylation sites is 1. The fraction of sp³-hybridized carbons (Fsp3) is 0.417. The third-order valence-electron chi connectivity index (χ3n) is 5.73. The molecule has 2 aromatic carbocycles. The molecule has 1 aliphatic rings. The Bertz CT molecular complexity index is 1060. The van der Waals surface area contributed by atoms with Crippen LogP contribution in [0.5, 0.6) is 5.75 Å².